The maximum atomic E-state index is 12.6. The fourth-order valence-electron chi connectivity index (χ4n) is 3.46. The van der Waals surface area contributed by atoms with E-state index < -0.39 is 17.8 Å². The molecule has 9 heteroatoms. The Morgan fingerprint density at radius 3 is 2.32 bits per heavy atom. The van der Waals surface area contributed by atoms with Gasteiger partial charge in [-0.05, 0) is 44.0 Å². The highest BCUT2D eigenvalue weighted by molar-refractivity contribution is 5.94. The van der Waals surface area contributed by atoms with Gasteiger partial charge in [-0.15, -0.1) is 0 Å². The Kier molecular flexibility index (Phi) is 6.24. The number of halogens is 3. The zero-order valence-corrected chi connectivity index (χ0v) is 15.7. The van der Waals surface area contributed by atoms with Gasteiger partial charge in [-0.1, -0.05) is 0 Å². The molecule has 28 heavy (non-hydrogen) atoms. The van der Waals surface area contributed by atoms with Gasteiger partial charge in [-0.25, -0.2) is 0 Å². The van der Waals surface area contributed by atoms with Crippen LogP contribution in [0.1, 0.15) is 25.3 Å². The Bertz CT molecular complexity index is 695. The molecule has 2 fully saturated rings. The third-order valence-electron chi connectivity index (χ3n) is 5.24. The standard InChI is InChI=1S/C19H24F3N3O3/c1-13(17(26)23-15-6-4-14(5-7-15)19(20,21)22)24-8-10-25(11-9-24)18(27)16-3-2-12-28-16/h4-7,13,16H,2-3,8-12H2,1H3,(H,23,26). The summed E-state index contributed by atoms with van der Waals surface area (Å²) in [6.45, 7) is 4.53. The predicted molar refractivity (Wildman–Crippen MR) is 96.7 cm³/mol. The molecular formula is C19H24F3N3O3. The summed E-state index contributed by atoms with van der Waals surface area (Å²) in [5.41, 5.74) is -0.442. The lowest BCUT2D eigenvalue weighted by atomic mass is 10.1. The maximum absolute atomic E-state index is 12.6. The number of hydrogen-bond acceptors (Lipinski definition) is 4. The van der Waals surface area contributed by atoms with E-state index >= 15 is 0 Å². The number of nitrogens with one attached hydrogen (secondary N) is 1. The zero-order chi connectivity index (χ0) is 20.3. The summed E-state index contributed by atoms with van der Waals surface area (Å²) in [4.78, 5) is 28.5. The van der Waals surface area contributed by atoms with Crippen LogP contribution in [0.5, 0.6) is 0 Å². The van der Waals surface area contributed by atoms with E-state index in [2.05, 4.69) is 5.32 Å². The molecule has 0 spiro atoms. The van der Waals surface area contributed by atoms with Gasteiger partial charge in [0.05, 0.1) is 11.6 Å². The van der Waals surface area contributed by atoms with Crippen molar-refractivity contribution in [1.29, 1.82) is 0 Å². The summed E-state index contributed by atoms with van der Waals surface area (Å²) >= 11 is 0. The van der Waals surface area contributed by atoms with Gasteiger partial charge in [0.1, 0.15) is 6.10 Å². The van der Waals surface area contributed by atoms with Crippen LogP contribution in [0, 0.1) is 0 Å². The predicted octanol–water partition coefficient (Wildman–Crippen LogP) is 2.36. The van der Waals surface area contributed by atoms with Crippen LogP contribution in [0.15, 0.2) is 24.3 Å². The summed E-state index contributed by atoms with van der Waals surface area (Å²) in [6, 6.07) is 3.91. The smallest absolute Gasteiger partial charge is 0.368 e. The average molecular weight is 399 g/mol. The van der Waals surface area contributed by atoms with Crippen LogP contribution >= 0.6 is 0 Å². The molecule has 3 rings (SSSR count). The van der Waals surface area contributed by atoms with Crippen molar-refractivity contribution in [1.82, 2.24) is 9.80 Å². The molecule has 1 aromatic rings. The minimum absolute atomic E-state index is 0.0130. The zero-order valence-electron chi connectivity index (χ0n) is 15.7. The number of ether oxygens (including phenoxy) is 1. The van der Waals surface area contributed by atoms with E-state index in [-0.39, 0.29) is 17.9 Å². The number of carbonyl (C=O) groups excluding carboxylic acids is 2. The monoisotopic (exact) mass is 399 g/mol. The van der Waals surface area contributed by atoms with E-state index in [1.54, 1.807) is 11.8 Å². The molecule has 0 aromatic heterocycles. The minimum Gasteiger partial charge on any atom is -0.368 e. The normalized spacial score (nSPS) is 22.1. The van der Waals surface area contributed by atoms with Crippen molar-refractivity contribution in [2.75, 3.05) is 38.1 Å². The van der Waals surface area contributed by atoms with Gasteiger partial charge < -0.3 is 15.0 Å². The first-order valence-electron chi connectivity index (χ1n) is 9.38. The second kappa shape index (κ2) is 8.48. The molecule has 154 valence electrons. The van der Waals surface area contributed by atoms with Crippen LogP contribution in [-0.2, 0) is 20.5 Å². The number of nitrogens with zero attached hydrogens (tertiary/aromatic N) is 2. The second-order valence-electron chi connectivity index (χ2n) is 7.10. The van der Waals surface area contributed by atoms with Crippen molar-refractivity contribution < 1.29 is 27.5 Å². The molecule has 6 nitrogen and oxygen atoms in total. The molecular weight excluding hydrogens is 375 g/mol. The van der Waals surface area contributed by atoms with Crippen molar-refractivity contribution in [2.24, 2.45) is 0 Å². The molecule has 0 bridgehead atoms. The van der Waals surface area contributed by atoms with Crippen LogP contribution in [0.4, 0.5) is 18.9 Å². The molecule has 2 unspecified atom stereocenters. The van der Waals surface area contributed by atoms with Crippen LogP contribution in [0.3, 0.4) is 0 Å². The van der Waals surface area contributed by atoms with Crippen molar-refractivity contribution in [2.45, 2.75) is 38.1 Å². The number of piperazine rings is 1. The summed E-state index contributed by atoms with van der Waals surface area (Å²) in [5.74, 6) is -0.280. The maximum Gasteiger partial charge on any atom is 0.416 e. The molecule has 2 amide bonds. The lowest BCUT2D eigenvalue weighted by molar-refractivity contribution is -0.143. The SMILES string of the molecule is CC(C(=O)Nc1ccc(C(F)(F)F)cc1)N1CCN(C(=O)C2CCCO2)CC1. The molecule has 2 heterocycles. The number of alkyl halides is 3. The topological polar surface area (TPSA) is 61.9 Å². The average Bonchev–Trinajstić information content (AvgIpc) is 3.21. The number of carbonyl (C=O) groups is 2. The third kappa shape index (κ3) is 4.82. The molecule has 1 aromatic carbocycles. The van der Waals surface area contributed by atoms with Crippen LogP contribution < -0.4 is 5.32 Å². The Labute approximate surface area is 161 Å². The van der Waals surface area contributed by atoms with Crippen molar-refractivity contribution in [3.05, 3.63) is 29.8 Å². The highest BCUT2D eigenvalue weighted by Gasteiger charge is 2.33. The molecule has 2 aliphatic rings. The van der Waals surface area contributed by atoms with Crippen LogP contribution in [-0.4, -0.2) is 66.5 Å². The first kappa shape index (κ1) is 20.6. The molecule has 0 aliphatic carbocycles. The summed E-state index contributed by atoms with van der Waals surface area (Å²) in [7, 11) is 0. The molecule has 0 saturated carbocycles. The van der Waals surface area contributed by atoms with Gasteiger partial charge in [-0.3, -0.25) is 14.5 Å². The Morgan fingerprint density at radius 1 is 1.14 bits per heavy atom. The fourth-order valence-corrected chi connectivity index (χ4v) is 3.46. The van der Waals surface area contributed by atoms with Gasteiger partial charge in [0, 0.05) is 38.5 Å². The van der Waals surface area contributed by atoms with Gasteiger partial charge in [0.2, 0.25) is 5.91 Å². The van der Waals surface area contributed by atoms with Crippen LogP contribution in [0.2, 0.25) is 0 Å². The Hall–Kier alpha value is -2.13. The van der Waals surface area contributed by atoms with E-state index in [0.717, 1.165) is 25.0 Å². The summed E-state index contributed by atoms with van der Waals surface area (Å²) < 4.78 is 43.3. The first-order chi connectivity index (χ1) is 13.3. The lowest BCUT2D eigenvalue weighted by Crippen LogP contribution is -2.55. The summed E-state index contributed by atoms with van der Waals surface area (Å²) in [5, 5.41) is 2.65. The minimum atomic E-state index is -4.41. The Balaban J connectivity index is 1.49. The first-order valence-corrected chi connectivity index (χ1v) is 9.38. The molecule has 0 radical (unpaired) electrons. The highest BCUT2D eigenvalue weighted by atomic mass is 19.4. The quantitative estimate of drug-likeness (QED) is 0.845. The van der Waals surface area contributed by atoms with Gasteiger partial charge in [0.25, 0.3) is 5.91 Å². The number of rotatable bonds is 4. The van der Waals surface area contributed by atoms with Gasteiger partial charge in [-0.2, -0.15) is 13.2 Å². The number of benzene rings is 1. The van der Waals surface area contributed by atoms with Crippen molar-refractivity contribution in [3.8, 4) is 0 Å². The Morgan fingerprint density at radius 2 is 1.79 bits per heavy atom. The van der Waals surface area contributed by atoms with E-state index in [9.17, 15) is 22.8 Å². The molecule has 2 aliphatic heterocycles. The molecule has 1 N–H and O–H groups in total. The van der Waals surface area contributed by atoms with Crippen molar-refractivity contribution >= 4 is 17.5 Å². The van der Waals surface area contributed by atoms with E-state index in [4.69, 9.17) is 4.74 Å². The molecule has 2 saturated heterocycles. The van der Waals surface area contributed by atoms with E-state index in [1.165, 1.54) is 12.1 Å². The number of amides is 2. The molecule has 2 atom stereocenters. The van der Waals surface area contributed by atoms with E-state index in [1.807, 2.05) is 4.90 Å². The highest BCUT2D eigenvalue weighted by Crippen LogP contribution is 2.29. The van der Waals surface area contributed by atoms with Crippen molar-refractivity contribution in [3.63, 3.8) is 0 Å². The largest absolute Gasteiger partial charge is 0.416 e. The fraction of sp³-hybridized carbons (Fsp3) is 0.579. The van der Waals surface area contributed by atoms with Gasteiger partial charge in [0.15, 0.2) is 0 Å². The van der Waals surface area contributed by atoms with E-state index in [0.29, 0.717) is 38.5 Å². The summed E-state index contributed by atoms with van der Waals surface area (Å²) in [6.07, 6.45) is -3.09. The number of anilines is 1. The number of hydrogen-bond donors (Lipinski definition) is 1. The lowest BCUT2D eigenvalue weighted by Gasteiger charge is -2.38. The van der Waals surface area contributed by atoms with Crippen LogP contribution in [0.25, 0.3) is 0 Å². The second-order valence-corrected chi connectivity index (χ2v) is 7.10. The van der Waals surface area contributed by atoms with Gasteiger partial charge >= 0.3 is 6.18 Å². The third-order valence-corrected chi connectivity index (χ3v) is 5.24.